The van der Waals surface area contributed by atoms with Crippen LogP contribution < -0.4 is 5.46 Å². The van der Waals surface area contributed by atoms with Crippen molar-refractivity contribution in [2.45, 2.75) is 13.2 Å². The molecule has 8 heteroatoms. The summed E-state index contributed by atoms with van der Waals surface area (Å²) in [6.07, 6.45) is 1.44. The Balaban J connectivity index is 2.46. The highest BCUT2D eigenvalue weighted by Gasteiger charge is 2.19. The fourth-order valence-corrected chi connectivity index (χ4v) is 1.96. The summed E-state index contributed by atoms with van der Waals surface area (Å²) < 4.78 is 47.0. The molecule has 0 atom stereocenters. The Kier molecular flexibility index (Phi) is 5.03. The molecule has 0 unspecified atom stereocenters. The van der Waals surface area contributed by atoms with Gasteiger partial charge in [-0.05, 0) is 5.46 Å². The zero-order chi connectivity index (χ0) is 15.4. The number of alkyl halides is 1. The van der Waals surface area contributed by atoms with Crippen LogP contribution in [0.15, 0.2) is 18.3 Å². The Labute approximate surface area is 120 Å². The first-order valence-electron chi connectivity index (χ1n) is 6.19. The molecule has 2 rings (SSSR count). The fraction of sp³-hybridized carbons (Fsp3) is 0.308. The molecule has 1 aromatic heterocycles. The van der Waals surface area contributed by atoms with Crippen LogP contribution >= 0.6 is 0 Å². The summed E-state index contributed by atoms with van der Waals surface area (Å²) in [5.74, 6) is -2.34. The van der Waals surface area contributed by atoms with E-state index in [1.165, 1.54) is 30.1 Å². The van der Waals surface area contributed by atoms with Crippen molar-refractivity contribution in [1.29, 1.82) is 0 Å². The summed E-state index contributed by atoms with van der Waals surface area (Å²) in [6, 6.07) is 2.49. The zero-order valence-electron chi connectivity index (χ0n) is 11.3. The lowest BCUT2D eigenvalue weighted by atomic mass is 9.86. The van der Waals surface area contributed by atoms with E-state index in [4.69, 9.17) is 9.76 Å². The Morgan fingerprint density at radius 2 is 2.05 bits per heavy atom. The molecule has 4 nitrogen and oxygen atoms in total. The maximum atomic E-state index is 14.0. The molecular formula is C13H13BF3N2O2. The number of ether oxygens (including phenoxy) is 1. The van der Waals surface area contributed by atoms with Crippen molar-refractivity contribution >= 4 is 12.9 Å². The van der Waals surface area contributed by atoms with Crippen LogP contribution in [0.5, 0.6) is 0 Å². The summed E-state index contributed by atoms with van der Waals surface area (Å²) in [6.45, 7) is -0.164. The predicted molar refractivity (Wildman–Crippen MR) is 71.9 cm³/mol. The van der Waals surface area contributed by atoms with E-state index in [0.29, 0.717) is 20.6 Å². The smallest absolute Gasteiger partial charge is 0.329 e. The van der Waals surface area contributed by atoms with Crippen LogP contribution in [0, 0.1) is 11.6 Å². The lowest BCUT2D eigenvalue weighted by Crippen LogP contribution is -2.19. The Hall–Kier alpha value is -1.80. The van der Waals surface area contributed by atoms with Crippen LogP contribution in [0.1, 0.15) is 5.69 Å². The third-order valence-corrected chi connectivity index (χ3v) is 3.03. The molecule has 1 aromatic carbocycles. The summed E-state index contributed by atoms with van der Waals surface area (Å²) in [5.41, 5.74) is -0.182. The van der Waals surface area contributed by atoms with Crippen molar-refractivity contribution in [1.82, 2.24) is 9.78 Å². The second kappa shape index (κ2) is 6.77. The van der Waals surface area contributed by atoms with Gasteiger partial charge in [0, 0.05) is 24.4 Å². The first kappa shape index (κ1) is 15.6. The largest absolute Gasteiger partial charge is 0.450 e. The summed E-state index contributed by atoms with van der Waals surface area (Å²) in [5, 5.41) is 12.8. The van der Waals surface area contributed by atoms with Gasteiger partial charge < -0.3 is 9.76 Å². The molecule has 0 saturated carbocycles. The number of halogens is 3. The van der Waals surface area contributed by atoms with Crippen LogP contribution in [-0.2, 0) is 18.0 Å². The molecular weight excluding hydrogens is 284 g/mol. The van der Waals surface area contributed by atoms with Gasteiger partial charge >= 0.3 is 7.48 Å². The lowest BCUT2D eigenvalue weighted by Gasteiger charge is -2.05. The monoisotopic (exact) mass is 297 g/mol. The van der Waals surface area contributed by atoms with Crippen molar-refractivity contribution in [3.8, 4) is 11.1 Å². The van der Waals surface area contributed by atoms with Gasteiger partial charge in [0.1, 0.15) is 12.4 Å². The van der Waals surface area contributed by atoms with Gasteiger partial charge in [0.05, 0.1) is 13.2 Å². The van der Waals surface area contributed by atoms with Gasteiger partial charge in [0.25, 0.3) is 0 Å². The van der Waals surface area contributed by atoms with Crippen LogP contribution in [0.2, 0.25) is 0 Å². The van der Waals surface area contributed by atoms with E-state index in [1.807, 2.05) is 0 Å². The highest BCUT2D eigenvalue weighted by molar-refractivity contribution is 6.45. The van der Waals surface area contributed by atoms with E-state index in [-0.39, 0.29) is 22.3 Å². The van der Waals surface area contributed by atoms with Gasteiger partial charge in [-0.2, -0.15) is 5.10 Å². The molecule has 0 fully saturated rings. The van der Waals surface area contributed by atoms with Gasteiger partial charge in [-0.3, -0.25) is 4.68 Å². The summed E-state index contributed by atoms with van der Waals surface area (Å²) in [7, 11) is 1.99. The normalized spacial score (nSPS) is 10.9. The molecule has 0 amide bonds. The highest BCUT2D eigenvalue weighted by Crippen LogP contribution is 2.27. The Bertz CT molecular complexity index is 634. The number of benzene rings is 1. The topological polar surface area (TPSA) is 47.3 Å². The number of aromatic nitrogens is 2. The van der Waals surface area contributed by atoms with Crippen LogP contribution in [0.3, 0.4) is 0 Å². The highest BCUT2D eigenvalue weighted by atomic mass is 19.2. The average Bonchev–Trinajstić information content (AvgIpc) is 2.91. The van der Waals surface area contributed by atoms with Crippen LogP contribution in [0.25, 0.3) is 11.1 Å². The van der Waals surface area contributed by atoms with E-state index in [9.17, 15) is 13.2 Å². The number of hydrogen-bond donors (Lipinski definition) is 1. The van der Waals surface area contributed by atoms with Crippen molar-refractivity contribution in [2.75, 3.05) is 13.7 Å². The summed E-state index contributed by atoms with van der Waals surface area (Å²) in [4.78, 5) is 0. The van der Waals surface area contributed by atoms with Crippen LogP contribution in [-0.4, -0.2) is 36.0 Å². The molecule has 0 saturated heterocycles. The van der Waals surface area contributed by atoms with E-state index in [0.717, 1.165) is 0 Å². The van der Waals surface area contributed by atoms with E-state index in [1.54, 1.807) is 0 Å². The molecule has 0 aliphatic heterocycles. The van der Waals surface area contributed by atoms with E-state index < -0.39 is 18.3 Å². The molecule has 21 heavy (non-hydrogen) atoms. The molecule has 0 spiro atoms. The molecule has 2 aromatic rings. The quantitative estimate of drug-likeness (QED) is 0.815. The lowest BCUT2D eigenvalue weighted by molar-refractivity contribution is 0.183. The van der Waals surface area contributed by atoms with Crippen molar-refractivity contribution in [3.05, 3.63) is 35.7 Å². The molecule has 0 bridgehead atoms. The second-order valence-electron chi connectivity index (χ2n) is 4.34. The fourth-order valence-electron chi connectivity index (χ4n) is 1.96. The number of rotatable bonds is 6. The van der Waals surface area contributed by atoms with Gasteiger partial charge in [0.2, 0.25) is 0 Å². The molecule has 0 aliphatic rings. The third-order valence-electron chi connectivity index (χ3n) is 3.03. The maximum absolute atomic E-state index is 14.0. The van der Waals surface area contributed by atoms with Gasteiger partial charge in [-0.25, -0.2) is 13.2 Å². The number of nitrogens with zero attached hydrogens (tertiary/aromatic N) is 2. The Morgan fingerprint density at radius 3 is 2.67 bits per heavy atom. The first-order chi connectivity index (χ1) is 10.1. The Morgan fingerprint density at radius 1 is 1.29 bits per heavy atom. The standard InChI is InChI=1S/C13H13BF3N2O2/c1-21-5-4-19-7-9(11(6-15)18-19)8-2-3-10(14-20)13(17)12(8)16/h2-3,7,20H,4-6H2,1H3. The summed E-state index contributed by atoms with van der Waals surface area (Å²) >= 11 is 0. The maximum Gasteiger partial charge on any atom is 0.329 e. The number of hydrogen-bond acceptors (Lipinski definition) is 3. The van der Waals surface area contributed by atoms with E-state index in [2.05, 4.69) is 5.10 Å². The first-order valence-corrected chi connectivity index (χ1v) is 6.19. The molecule has 1 N–H and O–H groups in total. The minimum absolute atomic E-state index is 0.0186. The van der Waals surface area contributed by atoms with Crippen molar-refractivity contribution in [3.63, 3.8) is 0 Å². The van der Waals surface area contributed by atoms with Gasteiger partial charge in [0.15, 0.2) is 11.6 Å². The second-order valence-corrected chi connectivity index (χ2v) is 4.34. The van der Waals surface area contributed by atoms with Crippen molar-refractivity contribution < 1.29 is 22.9 Å². The molecule has 111 valence electrons. The van der Waals surface area contributed by atoms with Crippen LogP contribution in [0.4, 0.5) is 13.2 Å². The van der Waals surface area contributed by atoms with Gasteiger partial charge in [-0.1, -0.05) is 12.1 Å². The number of methoxy groups -OCH3 is 1. The SMILES string of the molecule is COCCn1cc(-c2ccc([B]O)c(F)c2F)c(CF)n1. The molecule has 0 aliphatic carbocycles. The molecule has 1 radical (unpaired) electrons. The third kappa shape index (κ3) is 3.11. The predicted octanol–water partition coefficient (Wildman–Crippen LogP) is 1.18. The van der Waals surface area contributed by atoms with E-state index >= 15 is 0 Å². The molecule has 1 heterocycles. The van der Waals surface area contributed by atoms with Gasteiger partial charge in [-0.15, -0.1) is 0 Å². The minimum atomic E-state index is -1.19. The van der Waals surface area contributed by atoms with Crippen molar-refractivity contribution in [2.24, 2.45) is 0 Å². The zero-order valence-corrected chi connectivity index (χ0v) is 11.3. The minimum Gasteiger partial charge on any atom is -0.450 e. The average molecular weight is 297 g/mol.